The number of fused-ring (bicyclic) bond motifs is 3. The monoisotopic (exact) mass is 565 g/mol. The first-order chi connectivity index (χ1) is 19.5. The van der Waals surface area contributed by atoms with Crippen LogP contribution in [0.5, 0.6) is 0 Å². The van der Waals surface area contributed by atoms with Crippen LogP contribution in [0.4, 0.5) is 9.18 Å². The van der Waals surface area contributed by atoms with Crippen molar-refractivity contribution < 1.29 is 23.5 Å². The molecule has 2 saturated carbocycles. The van der Waals surface area contributed by atoms with Crippen LogP contribution in [-0.2, 0) is 14.3 Å². The van der Waals surface area contributed by atoms with Crippen LogP contribution in [0.1, 0.15) is 77.3 Å². The molecule has 2 aliphatic carbocycles. The largest absolute Gasteiger partial charge is 0.444 e. The number of piperidine rings is 1. The SMILES string of the molecule is CC(C)(C)OC(=O)N[C@@H](CN1C[C@H]2C[C@@H]1C(=O)N2[C@@H](c1ccc(F)cc1)C1CCCC1)C(=O)N1[C@H](C#N)C[C@@H]2C[C@@H]21. The molecule has 6 rings (SSSR count). The highest BCUT2D eigenvalue weighted by Gasteiger charge is 2.57. The Morgan fingerprint density at radius 3 is 2.49 bits per heavy atom. The fourth-order valence-electron chi connectivity index (χ4n) is 7.79. The molecule has 220 valence electrons. The van der Waals surface area contributed by atoms with Crippen molar-refractivity contribution in [3.05, 3.63) is 35.6 Å². The fourth-order valence-corrected chi connectivity index (χ4v) is 7.79. The summed E-state index contributed by atoms with van der Waals surface area (Å²) in [5, 5.41) is 12.5. The smallest absolute Gasteiger partial charge is 0.408 e. The Morgan fingerprint density at radius 1 is 1.15 bits per heavy atom. The zero-order valence-corrected chi connectivity index (χ0v) is 24.1. The summed E-state index contributed by atoms with van der Waals surface area (Å²) in [6.07, 6.45) is 5.87. The second-order valence-corrected chi connectivity index (χ2v) is 13.5. The van der Waals surface area contributed by atoms with Gasteiger partial charge in [-0.2, -0.15) is 5.26 Å². The van der Waals surface area contributed by atoms with Crippen molar-refractivity contribution >= 4 is 17.9 Å². The van der Waals surface area contributed by atoms with Gasteiger partial charge in [-0.25, -0.2) is 9.18 Å². The van der Waals surface area contributed by atoms with Gasteiger partial charge in [-0.05, 0) is 82.4 Å². The number of carbonyl (C=O) groups is 3. The molecule has 0 unspecified atom stereocenters. The van der Waals surface area contributed by atoms with E-state index in [4.69, 9.17) is 4.74 Å². The molecule has 1 aromatic rings. The van der Waals surface area contributed by atoms with E-state index in [0.29, 0.717) is 31.2 Å². The zero-order chi connectivity index (χ0) is 29.1. The summed E-state index contributed by atoms with van der Waals surface area (Å²) >= 11 is 0. The molecule has 9 nitrogen and oxygen atoms in total. The topological polar surface area (TPSA) is 106 Å². The number of halogens is 1. The minimum Gasteiger partial charge on any atom is -0.444 e. The Balaban J connectivity index is 1.21. The van der Waals surface area contributed by atoms with Gasteiger partial charge in [0, 0.05) is 25.2 Å². The predicted octanol–water partition coefficient (Wildman–Crippen LogP) is 3.75. The van der Waals surface area contributed by atoms with Gasteiger partial charge >= 0.3 is 6.09 Å². The molecule has 1 aromatic carbocycles. The summed E-state index contributed by atoms with van der Waals surface area (Å²) in [7, 11) is 0. The summed E-state index contributed by atoms with van der Waals surface area (Å²) in [5.41, 5.74) is 0.238. The van der Waals surface area contributed by atoms with Crippen molar-refractivity contribution in [2.75, 3.05) is 13.1 Å². The van der Waals surface area contributed by atoms with Crippen molar-refractivity contribution in [2.24, 2.45) is 11.8 Å². The molecule has 10 heteroatoms. The first-order valence-corrected chi connectivity index (χ1v) is 15.1. The molecule has 0 radical (unpaired) electrons. The van der Waals surface area contributed by atoms with E-state index >= 15 is 0 Å². The van der Waals surface area contributed by atoms with Crippen molar-refractivity contribution in [1.29, 1.82) is 5.26 Å². The highest BCUT2D eigenvalue weighted by Crippen LogP contribution is 2.48. The van der Waals surface area contributed by atoms with Crippen LogP contribution in [0.2, 0.25) is 0 Å². The van der Waals surface area contributed by atoms with E-state index in [1.807, 2.05) is 21.9 Å². The Kier molecular flexibility index (Phi) is 7.21. The number of alkyl carbamates (subject to hydrolysis) is 1. The van der Waals surface area contributed by atoms with Crippen molar-refractivity contribution in [2.45, 2.75) is 108 Å². The van der Waals surface area contributed by atoms with Crippen molar-refractivity contribution in [1.82, 2.24) is 20.0 Å². The maximum absolute atomic E-state index is 14.0. The summed E-state index contributed by atoms with van der Waals surface area (Å²) < 4.78 is 19.2. The average molecular weight is 566 g/mol. The summed E-state index contributed by atoms with van der Waals surface area (Å²) in [6, 6.07) is 6.93. The minimum atomic E-state index is -0.927. The summed E-state index contributed by atoms with van der Waals surface area (Å²) in [5.74, 6) is 0.147. The first kappa shape index (κ1) is 28.0. The van der Waals surface area contributed by atoms with E-state index in [1.165, 1.54) is 12.1 Å². The fraction of sp³-hybridized carbons (Fsp3) is 0.677. The molecular formula is C31H40FN5O4. The molecule has 2 bridgehead atoms. The Morgan fingerprint density at radius 2 is 1.85 bits per heavy atom. The van der Waals surface area contributed by atoms with E-state index in [9.17, 15) is 24.0 Å². The standard InChI is InChI=1S/C31H40FN5O4/c1-31(2,3)41-30(40)34-24(28(38)36-22(15-33)12-20-13-25(20)36)17-35-16-23-14-26(35)29(39)37(23)27(18-6-4-5-7-18)19-8-10-21(32)11-9-19/h8-11,18,20,22-27H,4-7,12-14,16-17H2,1-3H3,(H,34,40)/t20-,22+,23-,24+,25+,26-,27-/m1/s1. The molecule has 0 aromatic heterocycles. The maximum Gasteiger partial charge on any atom is 0.408 e. The number of benzene rings is 1. The molecular weight excluding hydrogens is 525 g/mol. The van der Waals surface area contributed by atoms with Gasteiger partial charge in [0.2, 0.25) is 11.8 Å². The van der Waals surface area contributed by atoms with Gasteiger partial charge in [0.25, 0.3) is 0 Å². The van der Waals surface area contributed by atoms with Gasteiger partial charge in [-0.1, -0.05) is 25.0 Å². The lowest BCUT2D eigenvalue weighted by molar-refractivity contribution is -0.143. The highest BCUT2D eigenvalue weighted by atomic mass is 19.1. The second-order valence-electron chi connectivity index (χ2n) is 13.5. The number of ether oxygens (including phenoxy) is 1. The number of nitrogens with one attached hydrogen (secondary N) is 1. The van der Waals surface area contributed by atoms with Crippen LogP contribution in [0, 0.1) is 29.0 Å². The van der Waals surface area contributed by atoms with Crippen molar-refractivity contribution in [3.8, 4) is 6.07 Å². The number of carbonyl (C=O) groups excluding carboxylic acids is 3. The van der Waals surface area contributed by atoms with Crippen LogP contribution in [0.15, 0.2) is 24.3 Å². The van der Waals surface area contributed by atoms with Gasteiger partial charge < -0.3 is 19.9 Å². The van der Waals surface area contributed by atoms with Crippen molar-refractivity contribution in [3.63, 3.8) is 0 Å². The van der Waals surface area contributed by atoms with Gasteiger partial charge in [-0.15, -0.1) is 0 Å². The number of hydrogen-bond donors (Lipinski definition) is 1. The van der Waals surface area contributed by atoms with Gasteiger partial charge in [0.1, 0.15) is 23.5 Å². The van der Waals surface area contributed by atoms with E-state index in [-0.39, 0.29) is 48.3 Å². The third kappa shape index (κ3) is 5.41. The van der Waals surface area contributed by atoms with E-state index in [1.54, 1.807) is 25.7 Å². The Hall–Kier alpha value is -3.19. The third-order valence-electron chi connectivity index (χ3n) is 9.59. The number of nitriles is 1. The number of amides is 3. The predicted molar refractivity (Wildman–Crippen MR) is 148 cm³/mol. The molecule has 3 amide bonds. The van der Waals surface area contributed by atoms with Gasteiger partial charge in [-0.3, -0.25) is 14.5 Å². The number of nitrogens with zero attached hydrogens (tertiary/aromatic N) is 4. The quantitative estimate of drug-likeness (QED) is 0.540. The van der Waals surface area contributed by atoms with Gasteiger partial charge in [0.15, 0.2) is 0 Å². The van der Waals surface area contributed by atoms with Crippen LogP contribution < -0.4 is 5.32 Å². The second kappa shape index (κ2) is 10.6. The highest BCUT2D eigenvalue weighted by molar-refractivity contribution is 5.89. The van der Waals surface area contributed by atoms with E-state index < -0.39 is 23.8 Å². The third-order valence-corrected chi connectivity index (χ3v) is 9.59. The molecule has 3 heterocycles. The normalized spacial score (nSPS) is 30.7. The number of hydrogen-bond acceptors (Lipinski definition) is 6. The average Bonchev–Trinajstić information content (AvgIpc) is 3.34. The molecule has 41 heavy (non-hydrogen) atoms. The first-order valence-electron chi connectivity index (χ1n) is 15.1. The lowest BCUT2D eigenvalue weighted by atomic mass is 9.89. The van der Waals surface area contributed by atoms with E-state index in [0.717, 1.165) is 37.7 Å². The Bertz CT molecular complexity index is 1240. The van der Waals surface area contributed by atoms with Crippen LogP contribution in [-0.4, -0.2) is 81.5 Å². The summed E-state index contributed by atoms with van der Waals surface area (Å²) in [6.45, 7) is 6.06. The van der Waals surface area contributed by atoms with E-state index in [2.05, 4.69) is 11.4 Å². The van der Waals surface area contributed by atoms with Crippen LogP contribution in [0.25, 0.3) is 0 Å². The lowest BCUT2D eigenvalue weighted by Gasteiger charge is -2.42. The molecule has 3 aliphatic heterocycles. The number of rotatable bonds is 7. The number of likely N-dealkylation sites (tertiary alicyclic amines) is 3. The molecule has 1 N–H and O–H groups in total. The Labute approximate surface area is 241 Å². The zero-order valence-electron chi connectivity index (χ0n) is 24.1. The summed E-state index contributed by atoms with van der Waals surface area (Å²) in [4.78, 5) is 46.3. The molecule has 7 atom stereocenters. The van der Waals surface area contributed by atoms with Crippen LogP contribution >= 0.6 is 0 Å². The minimum absolute atomic E-state index is 0.0214. The molecule has 0 spiro atoms. The molecule has 3 saturated heterocycles. The van der Waals surface area contributed by atoms with Gasteiger partial charge in [0.05, 0.1) is 18.2 Å². The molecule has 5 aliphatic rings. The number of piperazine rings is 1. The maximum atomic E-state index is 14.0. The lowest BCUT2D eigenvalue weighted by Crippen LogP contribution is -2.59. The van der Waals surface area contributed by atoms with Crippen LogP contribution in [0.3, 0.4) is 0 Å². The molecule has 5 fully saturated rings.